The highest BCUT2D eigenvalue weighted by Gasteiger charge is 2.61. The molecular formula is C17H11F5N4O2. The molecule has 3 aromatic rings. The van der Waals surface area contributed by atoms with Gasteiger partial charge in [0.2, 0.25) is 5.91 Å². The van der Waals surface area contributed by atoms with Crippen LogP contribution >= 0.6 is 0 Å². The van der Waals surface area contributed by atoms with E-state index >= 15 is 0 Å². The van der Waals surface area contributed by atoms with Gasteiger partial charge >= 0.3 is 12.3 Å². The first-order valence-corrected chi connectivity index (χ1v) is 7.63. The smallest absolute Gasteiger partial charge is 0.426 e. The Hall–Kier alpha value is -3.50. The summed E-state index contributed by atoms with van der Waals surface area (Å²) in [5.74, 6) is -0.933. The van der Waals surface area contributed by atoms with E-state index in [-0.39, 0.29) is 0 Å². The van der Waals surface area contributed by atoms with Gasteiger partial charge in [0.25, 0.3) is 0 Å². The number of nitrogens with two attached hydrogens (primary N) is 1. The molecule has 1 amide bonds. The average molecular weight is 398 g/mol. The Morgan fingerprint density at radius 3 is 2.11 bits per heavy atom. The molecule has 11 heteroatoms. The first-order chi connectivity index (χ1) is 13.1. The quantitative estimate of drug-likeness (QED) is 0.666. The van der Waals surface area contributed by atoms with E-state index in [1.165, 1.54) is 35.3 Å². The van der Waals surface area contributed by atoms with E-state index in [1.54, 1.807) is 12.1 Å². The van der Waals surface area contributed by atoms with Crippen LogP contribution in [-0.4, -0.2) is 33.0 Å². The average Bonchev–Trinajstić information content (AvgIpc) is 3.11. The second-order valence-corrected chi connectivity index (χ2v) is 5.56. The van der Waals surface area contributed by atoms with Crippen molar-refractivity contribution in [2.24, 2.45) is 5.73 Å². The molecule has 146 valence electrons. The number of carbonyl (C=O) groups excluding carboxylic acids is 1. The van der Waals surface area contributed by atoms with Gasteiger partial charge in [-0.05, 0) is 36.4 Å². The Morgan fingerprint density at radius 2 is 1.57 bits per heavy atom. The Balaban J connectivity index is 1.77. The number of hydrogen-bond acceptors (Lipinski definition) is 4. The van der Waals surface area contributed by atoms with Gasteiger partial charge in [0.15, 0.2) is 5.82 Å². The van der Waals surface area contributed by atoms with Crippen LogP contribution in [-0.2, 0) is 0 Å². The Labute approximate surface area is 154 Å². The van der Waals surface area contributed by atoms with Gasteiger partial charge in [0, 0.05) is 11.1 Å². The summed E-state index contributed by atoms with van der Waals surface area (Å²) in [4.78, 5) is 15.2. The molecule has 3 rings (SSSR count). The highest BCUT2D eigenvalue weighted by Crippen LogP contribution is 2.37. The van der Waals surface area contributed by atoms with Gasteiger partial charge in [0.1, 0.15) is 12.1 Å². The largest absolute Gasteiger partial charge is 0.499 e. The molecule has 0 unspecified atom stereocenters. The van der Waals surface area contributed by atoms with Crippen molar-refractivity contribution in [1.82, 2.24) is 14.8 Å². The van der Waals surface area contributed by atoms with Gasteiger partial charge in [-0.25, -0.2) is 9.67 Å². The van der Waals surface area contributed by atoms with Gasteiger partial charge in [-0.2, -0.15) is 22.0 Å². The zero-order valence-electron chi connectivity index (χ0n) is 13.8. The maximum Gasteiger partial charge on any atom is 0.499 e. The number of amides is 1. The molecule has 0 aliphatic rings. The number of nitrogens with zero attached hydrogens (tertiary/aromatic N) is 3. The minimum Gasteiger partial charge on any atom is -0.426 e. The van der Waals surface area contributed by atoms with Crippen molar-refractivity contribution in [3.63, 3.8) is 0 Å². The number of alkyl halides is 5. The SMILES string of the molecule is NC(=O)c1ccc(-c2ncn(-c3ccc(OC(F)(F)C(F)(F)F)cc3)n2)cc1. The molecule has 0 fully saturated rings. The third-order valence-corrected chi connectivity index (χ3v) is 3.60. The third kappa shape index (κ3) is 3.92. The molecule has 28 heavy (non-hydrogen) atoms. The normalized spacial score (nSPS) is 12.0. The van der Waals surface area contributed by atoms with Gasteiger partial charge in [-0.3, -0.25) is 4.79 Å². The summed E-state index contributed by atoms with van der Waals surface area (Å²) in [6, 6.07) is 10.6. The van der Waals surface area contributed by atoms with E-state index in [0.29, 0.717) is 22.6 Å². The highest BCUT2D eigenvalue weighted by molar-refractivity contribution is 5.93. The van der Waals surface area contributed by atoms with Crippen LogP contribution in [0.4, 0.5) is 22.0 Å². The van der Waals surface area contributed by atoms with E-state index in [0.717, 1.165) is 12.1 Å². The van der Waals surface area contributed by atoms with Gasteiger partial charge in [-0.15, -0.1) is 5.10 Å². The number of rotatable bonds is 5. The molecule has 0 bridgehead atoms. The number of benzene rings is 2. The number of primary amides is 1. The lowest BCUT2D eigenvalue weighted by molar-refractivity contribution is -0.360. The van der Waals surface area contributed by atoms with Crippen molar-refractivity contribution in [1.29, 1.82) is 0 Å². The molecule has 0 spiro atoms. The summed E-state index contributed by atoms with van der Waals surface area (Å²) in [5, 5.41) is 4.19. The summed E-state index contributed by atoms with van der Waals surface area (Å²) in [6.07, 6.45) is -9.79. The molecule has 1 heterocycles. The molecule has 0 saturated heterocycles. The molecule has 0 saturated carbocycles. The summed E-state index contributed by atoms with van der Waals surface area (Å²) in [5.41, 5.74) is 6.43. The minimum atomic E-state index is -5.82. The number of halogens is 5. The standard InChI is InChI=1S/C17H11F5N4O2/c18-16(19,20)17(21,22)28-13-7-5-12(6-8-13)26-9-24-15(25-26)11-3-1-10(2-4-11)14(23)27/h1-9H,(H2,23,27). The van der Waals surface area contributed by atoms with Crippen LogP contribution in [0.3, 0.4) is 0 Å². The topological polar surface area (TPSA) is 83.0 Å². The fourth-order valence-electron chi connectivity index (χ4n) is 2.18. The molecule has 6 nitrogen and oxygen atoms in total. The lowest BCUT2D eigenvalue weighted by atomic mass is 10.1. The third-order valence-electron chi connectivity index (χ3n) is 3.60. The number of aromatic nitrogens is 3. The van der Waals surface area contributed by atoms with Crippen molar-refractivity contribution in [2.75, 3.05) is 0 Å². The van der Waals surface area contributed by atoms with Crippen LogP contribution in [0.1, 0.15) is 10.4 Å². The van der Waals surface area contributed by atoms with Crippen molar-refractivity contribution in [2.45, 2.75) is 12.3 Å². The molecule has 1 aromatic heterocycles. The Kier molecular flexibility index (Phi) is 4.75. The van der Waals surface area contributed by atoms with E-state index in [2.05, 4.69) is 14.8 Å². The van der Waals surface area contributed by atoms with E-state index in [4.69, 9.17) is 5.73 Å². The minimum absolute atomic E-state index is 0.306. The number of carbonyl (C=O) groups is 1. The van der Waals surface area contributed by atoms with Gasteiger partial charge in [-0.1, -0.05) is 12.1 Å². The first-order valence-electron chi connectivity index (χ1n) is 7.63. The van der Waals surface area contributed by atoms with Crippen LogP contribution in [0.15, 0.2) is 54.9 Å². The Bertz CT molecular complexity index is 982. The highest BCUT2D eigenvalue weighted by atomic mass is 19.4. The summed E-state index contributed by atoms with van der Waals surface area (Å²) in [7, 11) is 0. The zero-order chi connectivity index (χ0) is 20.5. The monoisotopic (exact) mass is 398 g/mol. The summed E-state index contributed by atoms with van der Waals surface area (Å²) in [6.45, 7) is 0. The fourth-order valence-corrected chi connectivity index (χ4v) is 2.18. The van der Waals surface area contributed by atoms with Crippen LogP contribution in [0.2, 0.25) is 0 Å². The predicted octanol–water partition coefficient (Wildman–Crippen LogP) is 3.57. The lowest BCUT2D eigenvalue weighted by Gasteiger charge is -2.20. The van der Waals surface area contributed by atoms with Crippen molar-refractivity contribution >= 4 is 5.91 Å². The predicted molar refractivity (Wildman–Crippen MR) is 86.9 cm³/mol. The molecule has 0 atom stereocenters. The maximum atomic E-state index is 12.9. The van der Waals surface area contributed by atoms with Crippen molar-refractivity contribution in [3.05, 3.63) is 60.4 Å². The maximum absolute atomic E-state index is 12.9. The molecule has 0 aliphatic heterocycles. The molecular weight excluding hydrogens is 387 g/mol. The fraction of sp³-hybridized carbons (Fsp3) is 0.118. The van der Waals surface area contributed by atoms with Gasteiger partial charge in [0.05, 0.1) is 5.69 Å². The van der Waals surface area contributed by atoms with E-state index in [9.17, 15) is 26.7 Å². The number of ether oxygens (including phenoxy) is 1. The molecule has 2 N–H and O–H groups in total. The van der Waals surface area contributed by atoms with Crippen LogP contribution in [0, 0.1) is 0 Å². The first kappa shape index (κ1) is 19.3. The Morgan fingerprint density at radius 1 is 0.964 bits per heavy atom. The van der Waals surface area contributed by atoms with Crippen molar-refractivity contribution < 1.29 is 31.5 Å². The molecule has 2 aromatic carbocycles. The second-order valence-electron chi connectivity index (χ2n) is 5.56. The van der Waals surface area contributed by atoms with Crippen LogP contribution < -0.4 is 10.5 Å². The summed E-state index contributed by atoms with van der Waals surface area (Å²) < 4.78 is 67.3. The van der Waals surface area contributed by atoms with Crippen LogP contribution in [0.25, 0.3) is 17.1 Å². The van der Waals surface area contributed by atoms with Crippen LogP contribution in [0.5, 0.6) is 5.75 Å². The van der Waals surface area contributed by atoms with E-state index < -0.39 is 23.9 Å². The zero-order valence-corrected chi connectivity index (χ0v) is 13.8. The lowest BCUT2D eigenvalue weighted by Crippen LogP contribution is -2.41. The number of hydrogen-bond donors (Lipinski definition) is 1. The van der Waals surface area contributed by atoms with E-state index in [1.807, 2.05) is 0 Å². The molecule has 0 aliphatic carbocycles. The second kappa shape index (κ2) is 6.91. The summed E-state index contributed by atoms with van der Waals surface area (Å²) >= 11 is 0. The van der Waals surface area contributed by atoms with Gasteiger partial charge < -0.3 is 10.5 Å². The van der Waals surface area contributed by atoms with Crippen molar-refractivity contribution in [3.8, 4) is 22.8 Å². The molecule has 0 radical (unpaired) electrons.